The lowest BCUT2D eigenvalue weighted by Crippen LogP contribution is -2.07. The fourth-order valence-corrected chi connectivity index (χ4v) is 3.78. The number of methoxy groups -OCH3 is 1. The molecule has 162 valence electrons. The molecule has 0 atom stereocenters. The highest BCUT2D eigenvalue weighted by atomic mass is 32.1. The SMILES string of the molecule is COc1cc(/C=C/C(=O)Nc2nc(-c3ccccc3)c(C)s2)ccc1OCCC(C)C. The van der Waals surface area contributed by atoms with Crippen LogP contribution in [0.3, 0.4) is 0 Å². The van der Waals surface area contributed by atoms with Crippen LogP contribution in [0.1, 0.15) is 30.7 Å². The van der Waals surface area contributed by atoms with E-state index in [0.717, 1.165) is 28.1 Å². The first-order chi connectivity index (χ1) is 15.0. The smallest absolute Gasteiger partial charge is 0.250 e. The van der Waals surface area contributed by atoms with Gasteiger partial charge in [0.05, 0.1) is 19.4 Å². The summed E-state index contributed by atoms with van der Waals surface area (Å²) in [5.74, 6) is 1.70. The maximum Gasteiger partial charge on any atom is 0.250 e. The normalized spacial score (nSPS) is 11.1. The molecule has 0 saturated carbocycles. The average molecular weight is 437 g/mol. The predicted octanol–water partition coefficient (Wildman–Crippen LogP) is 6.20. The molecule has 0 aliphatic rings. The van der Waals surface area contributed by atoms with Crippen molar-refractivity contribution < 1.29 is 14.3 Å². The topological polar surface area (TPSA) is 60.5 Å². The number of benzene rings is 2. The Kier molecular flexibility index (Phi) is 7.84. The van der Waals surface area contributed by atoms with E-state index >= 15 is 0 Å². The van der Waals surface area contributed by atoms with Crippen molar-refractivity contribution in [3.05, 3.63) is 65.0 Å². The molecule has 5 nitrogen and oxygen atoms in total. The monoisotopic (exact) mass is 436 g/mol. The maximum atomic E-state index is 12.4. The van der Waals surface area contributed by atoms with E-state index in [2.05, 4.69) is 24.1 Å². The van der Waals surface area contributed by atoms with Gasteiger partial charge in [-0.2, -0.15) is 0 Å². The molecule has 0 bridgehead atoms. The molecule has 1 N–H and O–H groups in total. The molecule has 0 radical (unpaired) electrons. The molecule has 1 aromatic heterocycles. The lowest BCUT2D eigenvalue weighted by Gasteiger charge is -2.12. The summed E-state index contributed by atoms with van der Waals surface area (Å²) in [6, 6.07) is 15.6. The molecule has 0 fully saturated rings. The number of nitrogens with one attached hydrogen (secondary N) is 1. The van der Waals surface area contributed by atoms with Crippen LogP contribution >= 0.6 is 11.3 Å². The molecule has 0 spiro atoms. The predicted molar refractivity (Wildman–Crippen MR) is 128 cm³/mol. The highest BCUT2D eigenvalue weighted by molar-refractivity contribution is 7.16. The van der Waals surface area contributed by atoms with Gasteiger partial charge in [0.2, 0.25) is 5.91 Å². The third-order valence-corrected chi connectivity index (χ3v) is 5.53. The Morgan fingerprint density at radius 3 is 2.65 bits per heavy atom. The molecule has 2 aromatic carbocycles. The minimum absolute atomic E-state index is 0.232. The highest BCUT2D eigenvalue weighted by Crippen LogP contribution is 2.31. The summed E-state index contributed by atoms with van der Waals surface area (Å²) in [6.07, 6.45) is 4.22. The summed E-state index contributed by atoms with van der Waals surface area (Å²) < 4.78 is 11.2. The lowest BCUT2D eigenvalue weighted by molar-refractivity contribution is -0.111. The second-order valence-electron chi connectivity index (χ2n) is 7.55. The second kappa shape index (κ2) is 10.8. The minimum atomic E-state index is -0.232. The molecule has 3 aromatic rings. The van der Waals surface area contributed by atoms with Crippen LogP contribution in [0.15, 0.2) is 54.6 Å². The Morgan fingerprint density at radius 2 is 1.94 bits per heavy atom. The van der Waals surface area contributed by atoms with Gasteiger partial charge in [-0.15, -0.1) is 11.3 Å². The molecule has 3 rings (SSSR count). The van der Waals surface area contributed by atoms with Crippen molar-refractivity contribution in [1.82, 2.24) is 4.98 Å². The summed E-state index contributed by atoms with van der Waals surface area (Å²) in [6.45, 7) is 6.97. The van der Waals surface area contributed by atoms with Gasteiger partial charge in [0, 0.05) is 16.5 Å². The summed E-state index contributed by atoms with van der Waals surface area (Å²) in [7, 11) is 1.61. The van der Waals surface area contributed by atoms with Crippen molar-refractivity contribution in [2.75, 3.05) is 19.0 Å². The molecule has 6 heteroatoms. The van der Waals surface area contributed by atoms with Crippen LogP contribution in [0, 0.1) is 12.8 Å². The van der Waals surface area contributed by atoms with Crippen LogP contribution in [-0.4, -0.2) is 24.6 Å². The second-order valence-corrected chi connectivity index (χ2v) is 8.76. The number of anilines is 1. The molecule has 0 unspecified atom stereocenters. The number of nitrogens with zero attached hydrogens (tertiary/aromatic N) is 1. The van der Waals surface area contributed by atoms with Crippen molar-refractivity contribution in [2.45, 2.75) is 27.2 Å². The van der Waals surface area contributed by atoms with Gasteiger partial charge in [-0.3, -0.25) is 10.1 Å². The van der Waals surface area contributed by atoms with E-state index in [1.54, 1.807) is 13.2 Å². The standard InChI is InChI=1S/C25H28N2O3S/c1-17(2)14-15-30-21-12-10-19(16-22(21)29-4)11-13-23(28)26-25-27-24(18(3)31-25)20-8-6-5-7-9-20/h5-13,16-17H,14-15H2,1-4H3,(H,26,27,28)/b13-11+. The van der Waals surface area contributed by atoms with Crippen LogP contribution in [-0.2, 0) is 4.79 Å². The Morgan fingerprint density at radius 1 is 1.16 bits per heavy atom. The first kappa shape index (κ1) is 22.6. The number of thiazole rings is 1. The zero-order chi connectivity index (χ0) is 22.2. The maximum absolute atomic E-state index is 12.4. The van der Waals surface area contributed by atoms with Crippen LogP contribution < -0.4 is 14.8 Å². The van der Waals surface area contributed by atoms with Crippen molar-refractivity contribution in [2.24, 2.45) is 5.92 Å². The molecule has 0 aliphatic heterocycles. The molecular weight excluding hydrogens is 408 g/mol. The number of carbonyl (C=O) groups excluding carboxylic acids is 1. The van der Waals surface area contributed by atoms with Crippen molar-refractivity contribution in [3.8, 4) is 22.8 Å². The van der Waals surface area contributed by atoms with E-state index in [9.17, 15) is 4.79 Å². The molecule has 1 heterocycles. The average Bonchev–Trinajstić information content (AvgIpc) is 3.13. The zero-order valence-electron chi connectivity index (χ0n) is 18.3. The highest BCUT2D eigenvalue weighted by Gasteiger charge is 2.11. The van der Waals surface area contributed by atoms with Gasteiger partial charge in [0.25, 0.3) is 0 Å². The Balaban J connectivity index is 1.63. The minimum Gasteiger partial charge on any atom is -0.493 e. The number of carbonyl (C=O) groups is 1. The van der Waals surface area contributed by atoms with Crippen molar-refractivity contribution in [3.63, 3.8) is 0 Å². The van der Waals surface area contributed by atoms with Crippen LogP contribution in [0.4, 0.5) is 5.13 Å². The number of hydrogen-bond donors (Lipinski definition) is 1. The Bertz CT molecular complexity index is 1040. The summed E-state index contributed by atoms with van der Waals surface area (Å²) in [5, 5.41) is 3.43. The summed E-state index contributed by atoms with van der Waals surface area (Å²) in [4.78, 5) is 18.0. The zero-order valence-corrected chi connectivity index (χ0v) is 19.2. The van der Waals surface area contributed by atoms with Gasteiger partial charge < -0.3 is 9.47 Å². The molecule has 0 aliphatic carbocycles. The number of rotatable bonds is 9. The first-order valence-corrected chi connectivity index (χ1v) is 11.1. The van der Waals surface area contributed by atoms with Crippen LogP contribution in [0.5, 0.6) is 11.5 Å². The first-order valence-electron chi connectivity index (χ1n) is 10.3. The quantitative estimate of drug-likeness (QED) is 0.406. The molecule has 1 amide bonds. The third kappa shape index (κ3) is 6.43. The van der Waals surface area contributed by atoms with E-state index in [1.165, 1.54) is 17.4 Å². The third-order valence-electron chi connectivity index (χ3n) is 4.64. The van der Waals surface area contributed by atoms with Crippen molar-refractivity contribution in [1.29, 1.82) is 0 Å². The number of aryl methyl sites for hydroxylation is 1. The molecule has 31 heavy (non-hydrogen) atoms. The number of aromatic nitrogens is 1. The largest absolute Gasteiger partial charge is 0.493 e. The van der Waals surface area contributed by atoms with E-state index in [-0.39, 0.29) is 5.91 Å². The number of ether oxygens (including phenoxy) is 2. The van der Waals surface area contributed by atoms with Gasteiger partial charge >= 0.3 is 0 Å². The molecular formula is C25H28N2O3S. The molecule has 0 saturated heterocycles. The number of amides is 1. The lowest BCUT2D eigenvalue weighted by atomic mass is 10.1. The van der Waals surface area contributed by atoms with E-state index in [0.29, 0.717) is 29.2 Å². The Labute approximate surface area is 187 Å². The Hall–Kier alpha value is -3.12. The van der Waals surface area contributed by atoms with E-state index in [4.69, 9.17) is 9.47 Å². The van der Waals surface area contributed by atoms with Gasteiger partial charge in [-0.05, 0) is 43.0 Å². The van der Waals surface area contributed by atoms with E-state index in [1.807, 2.05) is 55.5 Å². The van der Waals surface area contributed by atoms with Crippen LogP contribution in [0.2, 0.25) is 0 Å². The van der Waals surface area contributed by atoms with Gasteiger partial charge in [0.1, 0.15) is 0 Å². The summed E-state index contributed by atoms with van der Waals surface area (Å²) >= 11 is 1.46. The van der Waals surface area contributed by atoms with Crippen molar-refractivity contribution >= 4 is 28.5 Å². The fourth-order valence-electron chi connectivity index (χ4n) is 2.94. The van der Waals surface area contributed by atoms with Gasteiger partial charge in [-0.1, -0.05) is 50.2 Å². The fraction of sp³-hybridized carbons (Fsp3) is 0.280. The van der Waals surface area contributed by atoms with Gasteiger partial charge in [0.15, 0.2) is 16.6 Å². The summed E-state index contributed by atoms with van der Waals surface area (Å²) in [5.41, 5.74) is 2.78. The number of hydrogen-bond acceptors (Lipinski definition) is 5. The van der Waals surface area contributed by atoms with Gasteiger partial charge in [-0.25, -0.2) is 4.98 Å². The van der Waals surface area contributed by atoms with E-state index < -0.39 is 0 Å². The van der Waals surface area contributed by atoms with Crippen LogP contribution in [0.25, 0.3) is 17.3 Å².